The summed E-state index contributed by atoms with van der Waals surface area (Å²) in [4.78, 5) is -0.325. The van der Waals surface area contributed by atoms with Crippen LogP contribution in [-0.4, -0.2) is 25.7 Å². The van der Waals surface area contributed by atoms with Crippen LogP contribution in [0.15, 0.2) is 23.1 Å². The lowest BCUT2D eigenvalue weighted by molar-refractivity contribution is 0.0613. The van der Waals surface area contributed by atoms with Crippen LogP contribution < -0.4 is 10.5 Å². The van der Waals surface area contributed by atoms with E-state index in [-0.39, 0.29) is 17.1 Å². The lowest BCUT2D eigenvalue weighted by Crippen LogP contribution is -2.40. The number of halogens is 1. The maximum absolute atomic E-state index is 13.0. The molecule has 0 saturated heterocycles. The number of rotatable bonds is 5. The highest BCUT2D eigenvalue weighted by Crippen LogP contribution is 2.19. The molecule has 1 aromatic carbocycles. The lowest BCUT2D eigenvalue weighted by Gasteiger charge is -2.21. The Hall–Kier alpha value is -1.18. The Morgan fingerprint density at radius 1 is 1.50 bits per heavy atom. The van der Waals surface area contributed by atoms with Crippen LogP contribution in [0, 0.1) is 5.82 Å². The molecule has 0 spiro atoms. The molecule has 18 heavy (non-hydrogen) atoms. The Balaban J connectivity index is 2.97. The average molecular weight is 276 g/mol. The molecule has 0 radical (unpaired) electrons. The standard InChI is InChI=1S/C11H17FN2O3S/c1-3-11(2,15)7-14-18(16,17)10-6-8(12)4-5-9(10)13/h4-6,14-15H,3,7,13H2,1-2H3. The first-order chi connectivity index (χ1) is 8.18. The van der Waals surface area contributed by atoms with Crippen LogP contribution in [0.5, 0.6) is 0 Å². The van der Waals surface area contributed by atoms with Crippen molar-refractivity contribution >= 4 is 15.7 Å². The van der Waals surface area contributed by atoms with Gasteiger partial charge < -0.3 is 10.8 Å². The third-order valence-corrected chi connectivity index (χ3v) is 4.13. The van der Waals surface area contributed by atoms with Gasteiger partial charge in [-0.25, -0.2) is 17.5 Å². The highest BCUT2D eigenvalue weighted by atomic mass is 32.2. The molecule has 1 aromatic rings. The number of hydrogen-bond acceptors (Lipinski definition) is 4. The smallest absolute Gasteiger partial charge is 0.242 e. The zero-order valence-electron chi connectivity index (χ0n) is 10.3. The Morgan fingerprint density at radius 2 is 2.11 bits per heavy atom. The van der Waals surface area contributed by atoms with Crippen molar-refractivity contribution in [2.24, 2.45) is 0 Å². The highest BCUT2D eigenvalue weighted by Gasteiger charge is 2.24. The summed E-state index contributed by atoms with van der Waals surface area (Å²) in [6, 6.07) is 3.11. The second-order valence-electron chi connectivity index (χ2n) is 4.36. The molecule has 0 heterocycles. The maximum Gasteiger partial charge on any atom is 0.242 e. The van der Waals surface area contributed by atoms with Crippen LogP contribution in [0.3, 0.4) is 0 Å². The van der Waals surface area contributed by atoms with Gasteiger partial charge >= 0.3 is 0 Å². The van der Waals surface area contributed by atoms with E-state index in [0.29, 0.717) is 6.42 Å². The fourth-order valence-corrected chi connectivity index (χ4v) is 2.50. The van der Waals surface area contributed by atoms with Crippen molar-refractivity contribution in [3.8, 4) is 0 Å². The average Bonchev–Trinajstić information content (AvgIpc) is 2.30. The summed E-state index contributed by atoms with van der Waals surface area (Å²) in [5.41, 5.74) is 4.30. The number of anilines is 1. The monoisotopic (exact) mass is 276 g/mol. The van der Waals surface area contributed by atoms with E-state index < -0.39 is 21.4 Å². The number of benzene rings is 1. The first-order valence-electron chi connectivity index (χ1n) is 5.45. The van der Waals surface area contributed by atoms with E-state index in [1.165, 1.54) is 13.0 Å². The molecule has 0 aliphatic rings. The summed E-state index contributed by atoms with van der Waals surface area (Å²) in [7, 11) is -3.93. The van der Waals surface area contributed by atoms with Gasteiger partial charge in [0.25, 0.3) is 0 Å². The van der Waals surface area contributed by atoms with Gasteiger partial charge in [0.15, 0.2) is 0 Å². The molecule has 0 aromatic heterocycles. The van der Waals surface area contributed by atoms with Gasteiger partial charge in [0.2, 0.25) is 10.0 Å². The van der Waals surface area contributed by atoms with E-state index in [1.54, 1.807) is 6.92 Å². The van der Waals surface area contributed by atoms with Gasteiger partial charge in [-0.05, 0) is 31.5 Å². The fraction of sp³-hybridized carbons (Fsp3) is 0.455. The van der Waals surface area contributed by atoms with Crippen molar-refractivity contribution in [3.05, 3.63) is 24.0 Å². The summed E-state index contributed by atoms with van der Waals surface area (Å²) in [6.45, 7) is 3.07. The molecule has 0 saturated carbocycles. The summed E-state index contributed by atoms with van der Waals surface area (Å²) >= 11 is 0. The molecule has 4 N–H and O–H groups in total. The van der Waals surface area contributed by atoms with Crippen molar-refractivity contribution in [3.63, 3.8) is 0 Å². The van der Waals surface area contributed by atoms with E-state index in [0.717, 1.165) is 12.1 Å². The normalized spacial score (nSPS) is 15.3. The molecule has 0 amide bonds. The van der Waals surface area contributed by atoms with Gasteiger partial charge in [-0.2, -0.15) is 0 Å². The summed E-state index contributed by atoms with van der Waals surface area (Å²) in [5, 5.41) is 9.73. The molecular weight excluding hydrogens is 259 g/mol. The number of sulfonamides is 1. The van der Waals surface area contributed by atoms with E-state index in [4.69, 9.17) is 5.73 Å². The molecule has 1 rings (SSSR count). The Morgan fingerprint density at radius 3 is 2.67 bits per heavy atom. The molecule has 0 aliphatic heterocycles. The molecule has 7 heteroatoms. The van der Waals surface area contributed by atoms with Crippen LogP contribution in [0.2, 0.25) is 0 Å². The van der Waals surface area contributed by atoms with Gasteiger partial charge in [-0.3, -0.25) is 0 Å². The van der Waals surface area contributed by atoms with E-state index in [1.807, 2.05) is 0 Å². The molecule has 5 nitrogen and oxygen atoms in total. The van der Waals surface area contributed by atoms with Gasteiger partial charge in [0, 0.05) is 6.54 Å². The van der Waals surface area contributed by atoms with Crippen LogP contribution in [-0.2, 0) is 10.0 Å². The summed E-state index contributed by atoms with van der Waals surface area (Å²) < 4.78 is 39.0. The van der Waals surface area contributed by atoms with Crippen LogP contribution >= 0.6 is 0 Å². The maximum atomic E-state index is 13.0. The number of nitrogens with one attached hydrogen (secondary N) is 1. The quantitative estimate of drug-likeness (QED) is 0.695. The van der Waals surface area contributed by atoms with Crippen LogP contribution in [0.25, 0.3) is 0 Å². The van der Waals surface area contributed by atoms with Crippen molar-refractivity contribution in [2.75, 3.05) is 12.3 Å². The topological polar surface area (TPSA) is 92.4 Å². The number of nitrogens with two attached hydrogens (primary N) is 1. The number of aliphatic hydroxyl groups is 1. The SMILES string of the molecule is CCC(C)(O)CNS(=O)(=O)c1cc(F)ccc1N. The minimum Gasteiger partial charge on any atom is -0.398 e. The molecule has 0 bridgehead atoms. The summed E-state index contributed by atoms with van der Waals surface area (Å²) in [5.74, 6) is -0.688. The molecule has 1 atom stereocenters. The number of nitrogen functional groups attached to an aromatic ring is 1. The first kappa shape index (κ1) is 14.9. The minimum absolute atomic E-state index is 0.0416. The zero-order valence-corrected chi connectivity index (χ0v) is 11.1. The Kier molecular flexibility index (Phi) is 4.31. The lowest BCUT2D eigenvalue weighted by atomic mass is 10.1. The van der Waals surface area contributed by atoms with Crippen LogP contribution in [0.4, 0.5) is 10.1 Å². The molecule has 102 valence electrons. The van der Waals surface area contributed by atoms with Gasteiger partial charge in [0.05, 0.1) is 11.3 Å². The first-order valence-corrected chi connectivity index (χ1v) is 6.93. The second kappa shape index (κ2) is 5.21. The van der Waals surface area contributed by atoms with Crippen molar-refractivity contribution in [1.82, 2.24) is 4.72 Å². The highest BCUT2D eigenvalue weighted by molar-refractivity contribution is 7.89. The van der Waals surface area contributed by atoms with Gasteiger partial charge in [-0.1, -0.05) is 6.92 Å². The third kappa shape index (κ3) is 3.66. The van der Waals surface area contributed by atoms with E-state index in [9.17, 15) is 17.9 Å². The molecule has 0 fully saturated rings. The van der Waals surface area contributed by atoms with Gasteiger partial charge in [0.1, 0.15) is 10.7 Å². The predicted molar refractivity (Wildman–Crippen MR) is 66.9 cm³/mol. The molecule has 0 aliphatic carbocycles. The van der Waals surface area contributed by atoms with Crippen molar-refractivity contribution in [2.45, 2.75) is 30.8 Å². The fourth-order valence-electron chi connectivity index (χ4n) is 1.19. The third-order valence-electron chi connectivity index (χ3n) is 2.67. The second-order valence-corrected chi connectivity index (χ2v) is 6.09. The van der Waals surface area contributed by atoms with Gasteiger partial charge in [-0.15, -0.1) is 0 Å². The van der Waals surface area contributed by atoms with Crippen molar-refractivity contribution < 1.29 is 17.9 Å². The zero-order chi connectivity index (χ0) is 14.0. The number of hydrogen-bond donors (Lipinski definition) is 3. The Bertz CT molecular complexity index is 529. The van der Waals surface area contributed by atoms with Crippen molar-refractivity contribution in [1.29, 1.82) is 0 Å². The largest absolute Gasteiger partial charge is 0.398 e. The van der Waals surface area contributed by atoms with Crippen LogP contribution in [0.1, 0.15) is 20.3 Å². The summed E-state index contributed by atoms with van der Waals surface area (Å²) in [6.07, 6.45) is 0.383. The minimum atomic E-state index is -3.93. The Labute approximate surface area is 106 Å². The van der Waals surface area contributed by atoms with E-state index in [2.05, 4.69) is 4.72 Å². The molecular formula is C11H17FN2O3S. The van der Waals surface area contributed by atoms with E-state index >= 15 is 0 Å². The predicted octanol–water partition coefficient (Wildman–Crippen LogP) is 0.847. The molecule has 1 unspecified atom stereocenters.